The van der Waals surface area contributed by atoms with Gasteiger partial charge in [-0.3, -0.25) is 14.3 Å². The lowest BCUT2D eigenvalue weighted by atomic mass is 9.87. The first-order valence-electron chi connectivity index (χ1n) is 9.52. The van der Waals surface area contributed by atoms with Gasteiger partial charge in [-0.25, -0.2) is 0 Å². The zero-order valence-corrected chi connectivity index (χ0v) is 15.5. The highest BCUT2D eigenvalue weighted by Crippen LogP contribution is 2.30. The summed E-state index contributed by atoms with van der Waals surface area (Å²) in [4.78, 5) is 25.7. The highest BCUT2D eigenvalue weighted by molar-refractivity contribution is 6.00. The first-order valence-corrected chi connectivity index (χ1v) is 9.52. The molecule has 3 N–H and O–H groups in total. The minimum atomic E-state index is -0.715. The fourth-order valence-electron chi connectivity index (χ4n) is 3.56. The van der Waals surface area contributed by atoms with Crippen LogP contribution < -0.4 is 16.0 Å². The molecule has 2 heterocycles. The molecule has 0 bridgehead atoms. The minimum absolute atomic E-state index is 0.0864. The molecule has 7 heteroatoms. The third kappa shape index (κ3) is 3.60. The van der Waals surface area contributed by atoms with Crippen LogP contribution in [0.5, 0.6) is 0 Å². The van der Waals surface area contributed by atoms with Crippen molar-refractivity contribution in [3.8, 4) is 0 Å². The first-order chi connectivity index (χ1) is 13.1. The third-order valence-electron chi connectivity index (χ3n) is 5.46. The van der Waals surface area contributed by atoms with Gasteiger partial charge in [-0.2, -0.15) is 5.10 Å². The van der Waals surface area contributed by atoms with Crippen LogP contribution in [0.15, 0.2) is 36.7 Å². The Morgan fingerprint density at radius 1 is 1.26 bits per heavy atom. The van der Waals surface area contributed by atoms with Gasteiger partial charge >= 0.3 is 0 Å². The van der Waals surface area contributed by atoms with Gasteiger partial charge in [-0.1, -0.05) is 6.07 Å². The third-order valence-corrected chi connectivity index (χ3v) is 5.46. The van der Waals surface area contributed by atoms with Gasteiger partial charge in [-0.15, -0.1) is 0 Å². The highest BCUT2D eigenvalue weighted by Gasteiger charge is 2.42. The smallest absolute Gasteiger partial charge is 0.252 e. The average molecular weight is 367 g/mol. The molecule has 2 amide bonds. The molecular weight excluding hydrogens is 342 g/mol. The Hall–Kier alpha value is -2.67. The molecule has 27 heavy (non-hydrogen) atoms. The van der Waals surface area contributed by atoms with Crippen LogP contribution in [0.4, 0.5) is 5.69 Å². The molecule has 0 radical (unpaired) electrons. The standard InChI is InChI=1S/C20H25N5O2/c1-14-3-4-15(18(26)23-16-5-6-16)13-17(14)24-19(27)20(7-10-21-11-8-20)25-12-2-9-22-25/h2-4,9,12-13,16,21H,5-8,10-11H2,1H3,(H,23,26)(H,24,27). The number of nitrogens with one attached hydrogen (secondary N) is 3. The first kappa shape index (κ1) is 17.7. The number of aryl methyl sites for hydroxylation is 1. The Morgan fingerprint density at radius 3 is 2.70 bits per heavy atom. The second-order valence-electron chi connectivity index (χ2n) is 7.46. The summed E-state index contributed by atoms with van der Waals surface area (Å²) < 4.78 is 1.77. The van der Waals surface area contributed by atoms with Gasteiger partial charge in [0.2, 0.25) is 0 Å². The van der Waals surface area contributed by atoms with Gasteiger partial charge in [0.15, 0.2) is 0 Å². The molecule has 4 rings (SSSR count). The Morgan fingerprint density at radius 2 is 2.04 bits per heavy atom. The van der Waals surface area contributed by atoms with E-state index in [4.69, 9.17) is 0 Å². The Labute approximate surface area is 158 Å². The number of carbonyl (C=O) groups excluding carboxylic acids is 2. The molecule has 1 aliphatic carbocycles. The number of piperidine rings is 1. The molecule has 1 aromatic heterocycles. The molecule has 1 saturated heterocycles. The number of anilines is 1. The van der Waals surface area contributed by atoms with Gasteiger partial charge in [0.1, 0.15) is 5.54 Å². The van der Waals surface area contributed by atoms with E-state index in [9.17, 15) is 9.59 Å². The number of aromatic nitrogens is 2. The fraction of sp³-hybridized carbons (Fsp3) is 0.450. The van der Waals surface area contributed by atoms with Crippen LogP contribution in [0.3, 0.4) is 0 Å². The summed E-state index contributed by atoms with van der Waals surface area (Å²) in [7, 11) is 0. The second-order valence-corrected chi connectivity index (χ2v) is 7.46. The molecule has 1 saturated carbocycles. The lowest BCUT2D eigenvalue weighted by Crippen LogP contribution is -2.52. The maximum Gasteiger partial charge on any atom is 0.252 e. The predicted molar refractivity (Wildman–Crippen MR) is 103 cm³/mol. The van der Waals surface area contributed by atoms with Crippen LogP contribution in [-0.2, 0) is 10.3 Å². The van der Waals surface area contributed by atoms with E-state index in [0.29, 0.717) is 30.1 Å². The molecule has 1 aromatic carbocycles. The molecule has 1 aliphatic heterocycles. The van der Waals surface area contributed by atoms with Crippen molar-refractivity contribution in [3.63, 3.8) is 0 Å². The SMILES string of the molecule is Cc1ccc(C(=O)NC2CC2)cc1NC(=O)C1(n2cccn2)CCNCC1. The molecule has 0 atom stereocenters. The number of benzene rings is 1. The van der Waals surface area contributed by atoms with Crippen LogP contribution in [0.2, 0.25) is 0 Å². The van der Waals surface area contributed by atoms with Crippen molar-refractivity contribution in [1.29, 1.82) is 0 Å². The molecule has 2 aliphatic rings. The molecule has 7 nitrogen and oxygen atoms in total. The predicted octanol–water partition coefficient (Wildman–Crippen LogP) is 1.80. The Kier molecular flexibility index (Phi) is 4.70. The number of carbonyl (C=O) groups is 2. The zero-order chi connectivity index (χ0) is 18.9. The number of amides is 2. The zero-order valence-electron chi connectivity index (χ0n) is 15.5. The van der Waals surface area contributed by atoms with Gasteiger partial charge in [0.05, 0.1) is 0 Å². The number of rotatable bonds is 5. The summed E-state index contributed by atoms with van der Waals surface area (Å²) in [6.07, 6.45) is 6.97. The Balaban J connectivity index is 1.58. The topological polar surface area (TPSA) is 88.1 Å². The lowest BCUT2D eigenvalue weighted by Gasteiger charge is -2.36. The monoisotopic (exact) mass is 367 g/mol. The fourth-order valence-corrected chi connectivity index (χ4v) is 3.56. The van der Waals surface area contributed by atoms with E-state index in [1.807, 2.05) is 25.3 Å². The van der Waals surface area contributed by atoms with Crippen LogP contribution in [0, 0.1) is 6.92 Å². The van der Waals surface area contributed by atoms with E-state index in [-0.39, 0.29) is 11.8 Å². The van der Waals surface area contributed by atoms with Gasteiger partial charge in [-0.05, 0) is 69.5 Å². The van der Waals surface area contributed by atoms with Crippen molar-refractivity contribution < 1.29 is 9.59 Å². The van der Waals surface area contributed by atoms with Crippen LogP contribution in [-0.4, -0.2) is 40.7 Å². The molecule has 142 valence electrons. The van der Waals surface area contributed by atoms with Gasteiger partial charge in [0.25, 0.3) is 11.8 Å². The largest absolute Gasteiger partial charge is 0.349 e. The summed E-state index contributed by atoms with van der Waals surface area (Å²) in [6.45, 7) is 3.45. The van der Waals surface area contributed by atoms with Crippen LogP contribution in [0.1, 0.15) is 41.6 Å². The van der Waals surface area contributed by atoms with Gasteiger partial charge in [0, 0.05) is 29.7 Å². The summed E-state index contributed by atoms with van der Waals surface area (Å²) in [5, 5.41) is 13.7. The second kappa shape index (κ2) is 7.15. The van der Waals surface area contributed by atoms with Gasteiger partial charge < -0.3 is 16.0 Å². The molecule has 2 fully saturated rings. The molecule has 2 aromatic rings. The van der Waals surface area contributed by atoms with Crippen molar-refractivity contribution in [1.82, 2.24) is 20.4 Å². The van der Waals surface area contributed by atoms with Crippen molar-refractivity contribution in [3.05, 3.63) is 47.8 Å². The summed E-state index contributed by atoms with van der Waals surface area (Å²) >= 11 is 0. The van der Waals surface area contributed by atoms with E-state index < -0.39 is 5.54 Å². The van der Waals surface area contributed by atoms with Crippen molar-refractivity contribution in [2.45, 2.75) is 44.2 Å². The lowest BCUT2D eigenvalue weighted by molar-refractivity contribution is -0.126. The van der Waals surface area contributed by atoms with E-state index in [2.05, 4.69) is 21.0 Å². The maximum absolute atomic E-state index is 13.3. The number of hydrogen-bond donors (Lipinski definition) is 3. The van der Waals surface area contributed by atoms with E-state index in [1.165, 1.54) is 0 Å². The quantitative estimate of drug-likeness (QED) is 0.752. The summed E-state index contributed by atoms with van der Waals surface area (Å²) in [5.74, 6) is -0.174. The number of hydrogen-bond acceptors (Lipinski definition) is 4. The average Bonchev–Trinajstić information content (AvgIpc) is 3.32. The normalized spacial score (nSPS) is 18.7. The van der Waals surface area contributed by atoms with Crippen molar-refractivity contribution in [2.24, 2.45) is 0 Å². The van der Waals surface area contributed by atoms with Crippen molar-refractivity contribution >= 4 is 17.5 Å². The van der Waals surface area contributed by atoms with E-state index in [1.54, 1.807) is 23.0 Å². The molecule has 0 unspecified atom stereocenters. The number of nitrogens with zero attached hydrogens (tertiary/aromatic N) is 2. The summed E-state index contributed by atoms with van der Waals surface area (Å²) in [6, 6.07) is 7.58. The minimum Gasteiger partial charge on any atom is -0.349 e. The summed E-state index contributed by atoms with van der Waals surface area (Å²) in [5.41, 5.74) is 1.46. The Bertz CT molecular complexity index is 836. The van der Waals surface area contributed by atoms with Crippen LogP contribution >= 0.6 is 0 Å². The van der Waals surface area contributed by atoms with Crippen molar-refractivity contribution in [2.75, 3.05) is 18.4 Å². The molecular formula is C20H25N5O2. The maximum atomic E-state index is 13.3. The van der Waals surface area contributed by atoms with Crippen LogP contribution in [0.25, 0.3) is 0 Å². The van der Waals surface area contributed by atoms with E-state index in [0.717, 1.165) is 31.5 Å². The molecule has 0 spiro atoms. The highest BCUT2D eigenvalue weighted by atomic mass is 16.2. The van der Waals surface area contributed by atoms with E-state index >= 15 is 0 Å².